The average molecular weight is 257 g/mol. The Kier molecular flexibility index (Phi) is 3.43. The van der Waals surface area contributed by atoms with E-state index in [1.165, 1.54) is 6.42 Å². The maximum absolute atomic E-state index is 5.68. The zero-order valence-electron chi connectivity index (χ0n) is 7.91. The van der Waals surface area contributed by atoms with Crippen LogP contribution in [0.25, 0.3) is 0 Å². The molecule has 1 atom stereocenters. The van der Waals surface area contributed by atoms with Crippen LogP contribution in [0.5, 0.6) is 5.75 Å². The number of ether oxygens (including phenoxy) is 2. The van der Waals surface area contributed by atoms with Crippen molar-refractivity contribution in [3.8, 4) is 5.75 Å². The third kappa shape index (κ3) is 2.72. The van der Waals surface area contributed by atoms with Crippen molar-refractivity contribution in [2.45, 2.75) is 25.6 Å². The van der Waals surface area contributed by atoms with Crippen LogP contribution in [-0.4, -0.2) is 12.9 Å². The molecule has 0 amide bonds. The second-order valence-corrected chi connectivity index (χ2v) is 4.29. The summed E-state index contributed by atoms with van der Waals surface area (Å²) in [5.41, 5.74) is 0. The van der Waals surface area contributed by atoms with Gasteiger partial charge in [0.15, 0.2) is 6.29 Å². The lowest BCUT2D eigenvalue weighted by atomic mass is 10.2. The maximum atomic E-state index is 5.68. The fourth-order valence-corrected chi connectivity index (χ4v) is 1.87. The van der Waals surface area contributed by atoms with E-state index >= 15 is 0 Å². The Morgan fingerprint density at radius 1 is 1.36 bits per heavy atom. The van der Waals surface area contributed by atoms with Gasteiger partial charge in [-0.1, -0.05) is 22.0 Å². The Morgan fingerprint density at radius 3 is 3.00 bits per heavy atom. The summed E-state index contributed by atoms with van der Waals surface area (Å²) in [5, 5.41) is 0. The van der Waals surface area contributed by atoms with Gasteiger partial charge in [0, 0.05) is 10.9 Å². The van der Waals surface area contributed by atoms with Crippen molar-refractivity contribution in [3.05, 3.63) is 28.7 Å². The molecule has 76 valence electrons. The molecule has 14 heavy (non-hydrogen) atoms. The van der Waals surface area contributed by atoms with Crippen LogP contribution in [0.3, 0.4) is 0 Å². The predicted molar refractivity (Wildman–Crippen MR) is 58.4 cm³/mol. The molecule has 2 rings (SSSR count). The van der Waals surface area contributed by atoms with Crippen molar-refractivity contribution in [2.24, 2.45) is 0 Å². The summed E-state index contributed by atoms with van der Waals surface area (Å²) in [5.74, 6) is 0.867. The molecule has 0 N–H and O–H groups in total. The smallest absolute Gasteiger partial charge is 0.199 e. The molecule has 1 fully saturated rings. The molecule has 0 saturated carbocycles. The summed E-state index contributed by atoms with van der Waals surface area (Å²) in [6.45, 7) is 0.818. The summed E-state index contributed by atoms with van der Waals surface area (Å²) in [6.07, 6.45) is 3.28. The van der Waals surface area contributed by atoms with Crippen molar-refractivity contribution >= 4 is 15.9 Å². The number of hydrogen-bond donors (Lipinski definition) is 0. The van der Waals surface area contributed by atoms with Crippen LogP contribution in [0.4, 0.5) is 0 Å². The van der Waals surface area contributed by atoms with Gasteiger partial charge < -0.3 is 9.47 Å². The van der Waals surface area contributed by atoms with Gasteiger partial charge in [-0.15, -0.1) is 0 Å². The zero-order chi connectivity index (χ0) is 9.80. The summed E-state index contributed by atoms with van der Waals surface area (Å²) >= 11 is 3.41. The van der Waals surface area contributed by atoms with E-state index in [2.05, 4.69) is 15.9 Å². The Morgan fingerprint density at radius 2 is 2.29 bits per heavy atom. The van der Waals surface area contributed by atoms with Crippen LogP contribution in [0.1, 0.15) is 19.3 Å². The first-order chi connectivity index (χ1) is 6.84. The molecule has 1 heterocycles. The fraction of sp³-hybridized carbons (Fsp3) is 0.455. The van der Waals surface area contributed by atoms with Crippen molar-refractivity contribution < 1.29 is 9.47 Å². The highest BCUT2D eigenvalue weighted by Gasteiger charge is 2.14. The normalized spacial score (nSPS) is 21.9. The maximum Gasteiger partial charge on any atom is 0.199 e. The van der Waals surface area contributed by atoms with E-state index in [0.29, 0.717) is 0 Å². The SMILES string of the molecule is Brc1cccc(OC2CCCCO2)c1. The summed E-state index contributed by atoms with van der Waals surface area (Å²) in [6, 6.07) is 7.84. The first-order valence-corrected chi connectivity index (χ1v) is 5.68. The first kappa shape index (κ1) is 9.99. The van der Waals surface area contributed by atoms with Crippen LogP contribution in [0.15, 0.2) is 28.7 Å². The molecule has 0 aliphatic carbocycles. The summed E-state index contributed by atoms with van der Waals surface area (Å²) in [4.78, 5) is 0. The lowest BCUT2D eigenvalue weighted by molar-refractivity contribution is -0.105. The Bertz CT molecular complexity index is 295. The van der Waals surface area contributed by atoms with Crippen molar-refractivity contribution in [1.29, 1.82) is 0 Å². The largest absolute Gasteiger partial charge is 0.465 e. The van der Waals surface area contributed by atoms with E-state index in [9.17, 15) is 0 Å². The molecule has 2 nitrogen and oxygen atoms in total. The number of hydrogen-bond acceptors (Lipinski definition) is 2. The highest BCUT2D eigenvalue weighted by atomic mass is 79.9. The van der Waals surface area contributed by atoms with E-state index in [-0.39, 0.29) is 6.29 Å². The second kappa shape index (κ2) is 4.80. The van der Waals surface area contributed by atoms with E-state index in [1.807, 2.05) is 24.3 Å². The molecule has 0 bridgehead atoms. The molecule has 0 aromatic heterocycles. The summed E-state index contributed by atoms with van der Waals surface area (Å²) in [7, 11) is 0. The molecule has 1 unspecified atom stereocenters. The van der Waals surface area contributed by atoms with Crippen molar-refractivity contribution in [2.75, 3.05) is 6.61 Å². The molecule has 1 aliphatic heterocycles. The molecular weight excluding hydrogens is 244 g/mol. The van der Waals surface area contributed by atoms with Crippen LogP contribution >= 0.6 is 15.9 Å². The van der Waals surface area contributed by atoms with Gasteiger partial charge in [-0.2, -0.15) is 0 Å². The third-order valence-corrected chi connectivity index (χ3v) is 2.69. The highest BCUT2D eigenvalue weighted by molar-refractivity contribution is 9.10. The highest BCUT2D eigenvalue weighted by Crippen LogP contribution is 2.22. The number of benzene rings is 1. The predicted octanol–water partition coefficient (Wildman–Crippen LogP) is 3.35. The Balaban J connectivity index is 1.95. The van der Waals surface area contributed by atoms with E-state index in [4.69, 9.17) is 9.47 Å². The molecule has 3 heteroatoms. The van der Waals surface area contributed by atoms with Gasteiger partial charge in [-0.05, 0) is 31.0 Å². The van der Waals surface area contributed by atoms with Gasteiger partial charge in [0.2, 0.25) is 0 Å². The van der Waals surface area contributed by atoms with Crippen molar-refractivity contribution in [1.82, 2.24) is 0 Å². The van der Waals surface area contributed by atoms with E-state index < -0.39 is 0 Å². The summed E-state index contributed by atoms with van der Waals surface area (Å²) < 4.78 is 12.2. The second-order valence-electron chi connectivity index (χ2n) is 3.37. The van der Waals surface area contributed by atoms with Crippen LogP contribution in [-0.2, 0) is 4.74 Å². The molecular formula is C11H13BrO2. The lowest BCUT2D eigenvalue weighted by Crippen LogP contribution is -2.24. The van der Waals surface area contributed by atoms with Gasteiger partial charge in [0.1, 0.15) is 5.75 Å². The molecule has 0 radical (unpaired) electrons. The first-order valence-electron chi connectivity index (χ1n) is 4.88. The quantitative estimate of drug-likeness (QED) is 0.808. The fourth-order valence-electron chi connectivity index (χ4n) is 1.50. The zero-order valence-corrected chi connectivity index (χ0v) is 9.50. The van der Waals surface area contributed by atoms with Gasteiger partial charge in [-0.25, -0.2) is 0 Å². The molecule has 1 aromatic carbocycles. The lowest BCUT2D eigenvalue weighted by Gasteiger charge is -2.23. The van der Waals surface area contributed by atoms with Crippen LogP contribution in [0, 0.1) is 0 Å². The minimum atomic E-state index is -0.0574. The van der Waals surface area contributed by atoms with Gasteiger partial charge in [0.05, 0.1) is 6.61 Å². The Hall–Kier alpha value is -0.540. The van der Waals surface area contributed by atoms with Crippen molar-refractivity contribution in [3.63, 3.8) is 0 Å². The molecule has 1 saturated heterocycles. The Labute approximate surface area is 92.3 Å². The number of halogens is 1. The van der Waals surface area contributed by atoms with Gasteiger partial charge in [-0.3, -0.25) is 0 Å². The number of rotatable bonds is 2. The third-order valence-electron chi connectivity index (χ3n) is 2.20. The van der Waals surface area contributed by atoms with E-state index in [1.54, 1.807) is 0 Å². The standard InChI is InChI=1S/C11H13BrO2/c12-9-4-3-5-10(8-9)14-11-6-1-2-7-13-11/h3-5,8,11H,1-2,6-7H2. The van der Waals surface area contributed by atoms with E-state index in [0.717, 1.165) is 29.7 Å². The van der Waals surface area contributed by atoms with Gasteiger partial charge in [0.25, 0.3) is 0 Å². The van der Waals surface area contributed by atoms with Crippen LogP contribution in [0.2, 0.25) is 0 Å². The van der Waals surface area contributed by atoms with Gasteiger partial charge >= 0.3 is 0 Å². The van der Waals surface area contributed by atoms with Crippen LogP contribution < -0.4 is 4.74 Å². The monoisotopic (exact) mass is 256 g/mol. The molecule has 0 spiro atoms. The minimum Gasteiger partial charge on any atom is -0.465 e. The molecule has 1 aliphatic rings. The average Bonchev–Trinajstić information content (AvgIpc) is 2.19. The molecule has 1 aromatic rings. The topological polar surface area (TPSA) is 18.5 Å². The minimum absolute atomic E-state index is 0.0574.